The van der Waals surface area contributed by atoms with Gasteiger partial charge in [0.15, 0.2) is 0 Å². The van der Waals surface area contributed by atoms with Crippen LogP contribution in [0, 0.1) is 9.39 Å². The van der Waals surface area contributed by atoms with Crippen molar-refractivity contribution >= 4 is 34.6 Å². The zero-order valence-corrected chi connectivity index (χ0v) is 16.5. The monoisotopic (exact) mass is 448 g/mol. The van der Waals surface area contributed by atoms with Crippen molar-refractivity contribution in [2.75, 3.05) is 19.6 Å². The van der Waals surface area contributed by atoms with Gasteiger partial charge in [-0.25, -0.2) is 9.18 Å². The normalized spacial score (nSPS) is 18.5. The SMILES string of the molecule is C[C@@H]1CN(C(=O)OC(C)(C)C)CCN1C(=O)c1cc(I)ccc1F. The van der Waals surface area contributed by atoms with E-state index in [-0.39, 0.29) is 23.6 Å². The maximum absolute atomic E-state index is 14.0. The van der Waals surface area contributed by atoms with Gasteiger partial charge in [0.25, 0.3) is 5.91 Å². The first-order valence-corrected chi connectivity index (χ1v) is 8.90. The minimum Gasteiger partial charge on any atom is -0.444 e. The molecule has 0 N–H and O–H groups in total. The van der Waals surface area contributed by atoms with Crippen LogP contribution in [0.5, 0.6) is 0 Å². The van der Waals surface area contributed by atoms with Gasteiger partial charge in [0.05, 0.1) is 5.56 Å². The van der Waals surface area contributed by atoms with E-state index < -0.39 is 11.4 Å². The molecule has 24 heavy (non-hydrogen) atoms. The Morgan fingerprint density at radius 1 is 1.29 bits per heavy atom. The fourth-order valence-electron chi connectivity index (χ4n) is 2.57. The Balaban J connectivity index is 2.07. The van der Waals surface area contributed by atoms with Crippen molar-refractivity contribution in [3.63, 3.8) is 0 Å². The molecule has 1 fully saturated rings. The first kappa shape index (κ1) is 19.0. The van der Waals surface area contributed by atoms with Crippen LogP contribution in [0.3, 0.4) is 0 Å². The van der Waals surface area contributed by atoms with Crippen molar-refractivity contribution in [1.29, 1.82) is 0 Å². The minimum absolute atomic E-state index is 0.0690. The van der Waals surface area contributed by atoms with Gasteiger partial charge in [0, 0.05) is 29.2 Å². The molecule has 0 bridgehead atoms. The van der Waals surface area contributed by atoms with Gasteiger partial charge < -0.3 is 14.5 Å². The van der Waals surface area contributed by atoms with Gasteiger partial charge >= 0.3 is 6.09 Å². The molecule has 5 nitrogen and oxygen atoms in total. The molecule has 1 heterocycles. The van der Waals surface area contributed by atoms with Crippen LogP contribution in [0.25, 0.3) is 0 Å². The van der Waals surface area contributed by atoms with E-state index in [9.17, 15) is 14.0 Å². The number of carbonyl (C=O) groups excluding carboxylic acids is 2. The molecule has 1 aliphatic rings. The van der Waals surface area contributed by atoms with Crippen molar-refractivity contribution in [3.05, 3.63) is 33.1 Å². The number of piperazine rings is 1. The Morgan fingerprint density at radius 2 is 1.96 bits per heavy atom. The zero-order valence-electron chi connectivity index (χ0n) is 14.3. The van der Waals surface area contributed by atoms with Gasteiger partial charge in [-0.05, 0) is 68.5 Å². The van der Waals surface area contributed by atoms with Crippen LogP contribution in [0.4, 0.5) is 9.18 Å². The quantitative estimate of drug-likeness (QED) is 0.618. The predicted octanol–water partition coefficient (Wildman–Crippen LogP) is 3.51. The summed E-state index contributed by atoms with van der Waals surface area (Å²) in [7, 11) is 0. The molecule has 0 unspecified atom stereocenters. The number of carbonyl (C=O) groups is 2. The highest BCUT2D eigenvalue weighted by Crippen LogP contribution is 2.20. The number of amides is 2. The van der Waals surface area contributed by atoms with E-state index in [1.165, 1.54) is 6.07 Å². The van der Waals surface area contributed by atoms with Gasteiger partial charge in [-0.3, -0.25) is 4.79 Å². The van der Waals surface area contributed by atoms with Crippen LogP contribution in [0.15, 0.2) is 18.2 Å². The lowest BCUT2D eigenvalue weighted by Crippen LogP contribution is -2.56. The average molecular weight is 448 g/mol. The molecule has 0 saturated carbocycles. The van der Waals surface area contributed by atoms with Crippen LogP contribution in [-0.2, 0) is 4.74 Å². The van der Waals surface area contributed by atoms with E-state index in [1.807, 2.05) is 50.3 Å². The second kappa shape index (κ2) is 7.25. The molecule has 1 aromatic rings. The average Bonchev–Trinajstić information content (AvgIpc) is 2.47. The minimum atomic E-state index is -0.558. The molecule has 132 valence electrons. The molecule has 1 saturated heterocycles. The summed E-state index contributed by atoms with van der Waals surface area (Å²) < 4.78 is 20.1. The topological polar surface area (TPSA) is 49.9 Å². The van der Waals surface area contributed by atoms with E-state index in [0.717, 1.165) is 3.57 Å². The third-order valence-electron chi connectivity index (χ3n) is 3.70. The van der Waals surface area contributed by atoms with Crippen molar-refractivity contribution in [1.82, 2.24) is 9.80 Å². The fraction of sp³-hybridized carbons (Fsp3) is 0.529. The first-order chi connectivity index (χ1) is 11.1. The summed E-state index contributed by atoms with van der Waals surface area (Å²) in [6.07, 6.45) is -0.387. The van der Waals surface area contributed by atoms with Gasteiger partial charge in [-0.2, -0.15) is 0 Å². The van der Waals surface area contributed by atoms with Gasteiger partial charge in [0.2, 0.25) is 0 Å². The largest absolute Gasteiger partial charge is 0.444 e. The van der Waals surface area contributed by atoms with Crippen LogP contribution >= 0.6 is 22.6 Å². The van der Waals surface area contributed by atoms with Crippen LogP contribution in [-0.4, -0.2) is 53.1 Å². The first-order valence-electron chi connectivity index (χ1n) is 7.82. The maximum atomic E-state index is 14.0. The van der Waals surface area contributed by atoms with Crippen molar-refractivity contribution < 1.29 is 18.7 Å². The highest BCUT2D eigenvalue weighted by Gasteiger charge is 2.33. The summed E-state index contributed by atoms with van der Waals surface area (Å²) in [4.78, 5) is 28.0. The molecule has 0 aromatic heterocycles. The van der Waals surface area contributed by atoms with Crippen LogP contribution in [0.1, 0.15) is 38.1 Å². The summed E-state index contributed by atoms with van der Waals surface area (Å²) in [6, 6.07) is 4.26. The van der Waals surface area contributed by atoms with E-state index in [1.54, 1.807) is 21.9 Å². The van der Waals surface area contributed by atoms with Gasteiger partial charge in [-0.15, -0.1) is 0 Å². The summed E-state index contributed by atoms with van der Waals surface area (Å²) in [6.45, 7) is 8.38. The van der Waals surface area contributed by atoms with Crippen molar-refractivity contribution in [2.24, 2.45) is 0 Å². The second-order valence-corrected chi connectivity index (χ2v) is 8.14. The molecule has 2 rings (SSSR count). The van der Waals surface area contributed by atoms with Gasteiger partial charge in [-0.1, -0.05) is 0 Å². The molecule has 0 aliphatic carbocycles. The van der Waals surface area contributed by atoms with Crippen LogP contribution in [0.2, 0.25) is 0 Å². The highest BCUT2D eigenvalue weighted by atomic mass is 127. The molecule has 0 radical (unpaired) electrons. The molecule has 2 amide bonds. The van der Waals surface area contributed by atoms with Crippen LogP contribution < -0.4 is 0 Å². The van der Waals surface area contributed by atoms with E-state index in [2.05, 4.69) is 0 Å². The number of rotatable bonds is 1. The molecule has 0 spiro atoms. The lowest BCUT2D eigenvalue weighted by Gasteiger charge is -2.40. The molecular weight excluding hydrogens is 426 g/mol. The third-order valence-corrected chi connectivity index (χ3v) is 4.37. The Bertz CT molecular complexity index is 645. The highest BCUT2D eigenvalue weighted by molar-refractivity contribution is 14.1. The number of nitrogens with zero attached hydrogens (tertiary/aromatic N) is 2. The molecule has 1 atom stereocenters. The smallest absolute Gasteiger partial charge is 0.410 e. The van der Waals surface area contributed by atoms with Crippen molar-refractivity contribution in [3.8, 4) is 0 Å². The summed E-state index contributed by atoms with van der Waals surface area (Å²) >= 11 is 2.05. The summed E-state index contributed by atoms with van der Waals surface area (Å²) in [5.41, 5.74) is -0.489. The van der Waals surface area contributed by atoms with Gasteiger partial charge in [0.1, 0.15) is 11.4 Å². The number of hydrogen-bond donors (Lipinski definition) is 0. The van der Waals surface area contributed by atoms with E-state index >= 15 is 0 Å². The molecular formula is C17H22FIN2O3. The predicted molar refractivity (Wildman–Crippen MR) is 97.4 cm³/mol. The summed E-state index contributed by atoms with van der Waals surface area (Å²) in [5.74, 6) is -0.871. The number of benzene rings is 1. The van der Waals surface area contributed by atoms with Crippen molar-refractivity contribution in [2.45, 2.75) is 39.3 Å². The lowest BCUT2D eigenvalue weighted by molar-refractivity contribution is 0.00607. The van der Waals surface area contributed by atoms with E-state index in [0.29, 0.717) is 19.6 Å². The Labute approximate surface area is 155 Å². The summed E-state index contributed by atoms with van der Waals surface area (Å²) in [5, 5.41) is 0. The Hall–Kier alpha value is -1.38. The Morgan fingerprint density at radius 3 is 2.54 bits per heavy atom. The Kier molecular flexibility index (Phi) is 5.72. The number of halogens is 2. The third kappa shape index (κ3) is 4.58. The molecule has 7 heteroatoms. The maximum Gasteiger partial charge on any atom is 0.410 e. The molecule has 1 aliphatic heterocycles. The standard InChI is InChI=1S/C17H22FIN2O3/c1-11-10-20(16(23)24-17(2,3)4)7-8-21(11)15(22)13-9-12(19)5-6-14(13)18/h5-6,9,11H,7-8,10H2,1-4H3/t11-/m1/s1. The fourth-order valence-corrected chi connectivity index (χ4v) is 3.06. The lowest BCUT2D eigenvalue weighted by atomic mass is 10.1. The zero-order chi connectivity index (χ0) is 18.1. The number of hydrogen-bond acceptors (Lipinski definition) is 3. The number of ether oxygens (including phenoxy) is 1. The molecule has 1 aromatic carbocycles. The van der Waals surface area contributed by atoms with E-state index in [4.69, 9.17) is 4.74 Å². The second-order valence-electron chi connectivity index (χ2n) is 6.90.